The maximum atomic E-state index is 13.5. The number of thiophene rings is 1. The van der Waals surface area contributed by atoms with E-state index in [1.165, 1.54) is 6.07 Å². The first kappa shape index (κ1) is 11.1. The molecule has 1 heterocycles. The lowest BCUT2D eigenvalue weighted by atomic mass is 10.1. The van der Waals surface area contributed by atoms with Gasteiger partial charge in [0.1, 0.15) is 0 Å². The van der Waals surface area contributed by atoms with Crippen LogP contribution in [0.2, 0.25) is 0 Å². The summed E-state index contributed by atoms with van der Waals surface area (Å²) >= 11 is 1.55. The Balaban J connectivity index is 2.21. The summed E-state index contributed by atoms with van der Waals surface area (Å²) in [5, 5.41) is 6.96. The fourth-order valence-corrected chi connectivity index (χ4v) is 2.13. The molecule has 0 aliphatic rings. The average Bonchev–Trinajstić information content (AvgIpc) is 2.74. The van der Waals surface area contributed by atoms with E-state index in [-0.39, 0.29) is 6.04 Å². The minimum Gasteiger partial charge on any atom is -0.378 e. The number of hydrogen-bond acceptors (Lipinski definition) is 2. The monoisotopic (exact) mass is 239 g/mol. The van der Waals surface area contributed by atoms with Gasteiger partial charge in [-0.2, -0.15) is 11.3 Å². The molecule has 2 aromatic rings. The largest absolute Gasteiger partial charge is 0.378 e. The van der Waals surface area contributed by atoms with Gasteiger partial charge < -0.3 is 5.32 Å². The zero-order valence-corrected chi connectivity index (χ0v) is 9.52. The minimum atomic E-state index is -0.809. The lowest BCUT2D eigenvalue weighted by molar-refractivity contribution is 0.495. The molecule has 16 heavy (non-hydrogen) atoms. The third-order valence-corrected chi connectivity index (χ3v) is 3.04. The highest BCUT2D eigenvalue weighted by Crippen LogP contribution is 2.24. The highest BCUT2D eigenvalue weighted by Gasteiger charge is 2.13. The van der Waals surface area contributed by atoms with Gasteiger partial charge in [0.15, 0.2) is 11.6 Å². The van der Waals surface area contributed by atoms with Gasteiger partial charge in [-0.3, -0.25) is 0 Å². The van der Waals surface area contributed by atoms with Gasteiger partial charge in [-0.15, -0.1) is 0 Å². The van der Waals surface area contributed by atoms with E-state index >= 15 is 0 Å². The van der Waals surface area contributed by atoms with Crippen molar-refractivity contribution in [1.82, 2.24) is 0 Å². The molecule has 2 rings (SSSR count). The van der Waals surface area contributed by atoms with Gasteiger partial charge in [-0.1, -0.05) is 12.1 Å². The molecule has 1 aromatic heterocycles. The van der Waals surface area contributed by atoms with Crippen molar-refractivity contribution in [2.45, 2.75) is 13.0 Å². The Kier molecular flexibility index (Phi) is 3.19. The molecule has 1 nitrogen and oxygen atoms in total. The highest BCUT2D eigenvalue weighted by molar-refractivity contribution is 7.08. The van der Waals surface area contributed by atoms with E-state index in [1.54, 1.807) is 24.3 Å². The topological polar surface area (TPSA) is 12.0 Å². The van der Waals surface area contributed by atoms with E-state index in [1.807, 2.05) is 16.8 Å². The van der Waals surface area contributed by atoms with E-state index in [9.17, 15) is 8.78 Å². The smallest absolute Gasteiger partial charge is 0.164 e. The molecule has 0 saturated heterocycles. The second-order valence-corrected chi connectivity index (χ2v) is 4.30. The lowest BCUT2D eigenvalue weighted by Gasteiger charge is -2.15. The van der Waals surface area contributed by atoms with Crippen molar-refractivity contribution < 1.29 is 8.78 Å². The molecule has 1 N–H and O–H groups in total. The first-order valence-electron chi connectivity index (χ1n) is 4.91. The standard InChI is InChI=1S/C12H11F2NS/c1-8(15-9-5-6-16-7-9)10-3-2-4-11(13)12(10)14/h2-8,15H,1H3. The van der Waals surface area contributed by atoms with Crippen LogP contribution in [-0.2, 0) is 0 Å². The molecule has 84 valence electrons. The molecule has 0 aliphatic carbocycles. The molecule has 0 aliphatic heterocycles. The second-order valence-electron chi connectivity index (χ2n) is 3.52. The van der Waals surface area contributed by atoms with Crippen LogP contribution in [0.3, 0.4) is 0 Å². The number of hydrogen-bond donors (Lipinski definition) is 1. The summed E-state index contributed by atoms with van der Waals surface area (Å²) in [6, 6.07) is 5.86. The van der Waals surface area contributed by atoms with Gasteiger partial charge in [0.05, 0.1) is 6.04 Å². The molecule has 0 spiro atoms. The summed E-state index contributed by atoms with van der Waals surface area (Å²) in [5.74, 6) is -1.59. The summed E-state index contributed by atoms with van der Waals surface area (Å²) in [6.45, 7) is 1.80. The number of nitrogens with one attached hydrogen (secondary N) is 1. The summed E-state index contributed by atoms with van der Waals surface area (Å²) in [4.78, 5) is 0. The van der Waals surface area contributed by atoms with Crippen LogP contribution in [0, 0.1) is 11.6 Å². The summed E-state index contributed by atoms with van der Waals surface area (Å²) in [6.07, 6.45) is 0. The van der Waals surface area contributed by atoms with Gasteiger partial charge >= 0.3 is 0 Å². The number of halogens is 2. The van der Waals surface area contributed by atoms with Crippen LogP contribution in [-0.4, -0.2) is 0 Å². The number of rotatable bonds is 3. The molecular weight excluding hydrogens is 228 g/mol. The maximum absolute atomic E-state index is 13.5. The first-order valence-corrected chi connectivity index (χ1v) is 5.85. The highest BCUT2D eigenvalue weighted by atomic mass is 32.1. The molecule has 1 atom stereocenters. The maximum Gasteiger partial charge on any atom is 0.164 e. The molecule has 0 bridgehead atoms. The van der Waals surface area contributed by atoms with Gasteiger partial charge in [0.2, 0.25) is 0 Å². The van der Waals surface area contributed by atoms with Gasteiger partial charge in [0.25, 0.3) is 0 Å². The Hall–Kier alpha value is -1.42. The van der Waals surface area contributed by atoms with E-state index in [0.717, 1.165) is 11.8 Å². The van der Waals surface area contributed by atoms with Crippen molar-refractivity contribution >= 4 is 17.0 Å². The average molecular weight is 239 g/mol. The second kappa shape index (κ2) is 4.61. The number of anilines is 1. The van der Waals surface area contributed by atoms with Crippen LogP contribution in [0.15, 0.2) is 35.0 Å². The molecule has 0 saturated carbocycles. The van der Waals surface area contributed by atoms with Crippen molar-refractivity contribution in [3.05, 3.63) is 52.2 Å². The van der Waals surface area contributed by atoms with E-state index in [2.05, 4.69) is 5.32 Å². The molecule has 0 radical (unpaired) electrons. The molecule has 0 amide bonds. The SMILES string of the molecule is CC(Nc1ccsc1)c1cccc(F)c1F. The Morgan fingerprint density at radius 3 is 2.75 bits per heavy atom. The van der Waals surface area contributed by atoms with Crippen molar-refractivity contribution in [2.75, 3.05) is 5.32 Å². The van der Waals surface area contributed by atoms with Crippen molar-refractivity contribution in [3.8, 4) is 0 Å². The van der Waals surface area contributed by atoms with Crippen LogP contribution >= 0.6 is 11.3 Å². The fourth-order valence-electron chi connectivity index (χ4n) is 1.53. The van der Waals surface area contributed by atoms with Crippen LogP contribution in [0.4, 0.5) is 14.5 Å². The van der Waals surface area contributed by atoms with Gasteiger partial charge in [-0.25, -0.2) is 8.78 Å². The summed E-state index contributed by atoms with van der Waals surface area (Å²) in [5.41, 5.74) is 1.26. The van der Waals surface area contributed by atoms with Crippen LogP contribution in [0.25, 0.3) is 0 Å². The fraction of sp³-hybridized carbons (Fsp3) is 0.167. The zero-order valence-electron chi connectivity index (χ0n) is 8.71. The van der Waals surface area contributed by atoms with E-state index < -0.39 is 11.6 Å². The number of benzene rings is 1. The third kappa shape index (κ3) is 2.22. The Morgan fingerprint density at radius 2 is 2.06 bits per heavy atom. The Bertz CT molecular complexity index is 468. The predicted molar refractivity (Wildman–Crippen MR) is 62.7 cm³/mol. The molecule has 4 heteroatoms. The Morgan fingerprint density at radius 1 is 1.25 bits per heavy atom. The molecule has 1 unspecified atom stereocenters. The van der Waals surface area contributed by atoms with Gasteiger partial charge in [-0.05, 0) is 24.4 Å². The predicted octanol–water partition coefficient (Wildman–Crippen LogP) is 4.20. The minimum absolute atomic E-state index is 0.259. The first-order chi connectivity index (χ1) is 7.68. The Labute approximate surface area is 96.7 Å². The van der Waals surface area contributed by atoms with E-state index in [4.69, 9.17) is 0 Å². The van der Waals surface area contributed by atoms with Crippen LogP contribution in [0.1, 0.15) is 18.5 Å². The lowest BCUT2D eigenvalue weighted by Crippen LogP contribution is -2.08. The summed E-state index contributed by atoms with van der Waals surface area (Å²) in [7, 11) is 0. The van der Waals surface area contributed by atoms with Gasteiger partial charge in [0, 0.05) is 16.6 Å². The van der Waals surface area contributed by atoms with Crippen molar-refractivity contribution in [3.63, 3.8) is 0 Å². The molecule has 1 aromatic carbocycles. The van der Waals surface area contributed by atoms with Crippen LogP contribution < -0.4 is 5.32 Å². The molecule has 0 fully saturated rings. The van der Waals surface area contributed by atoms with Crippen molar-refractivity contribution in [1.29, 1.82) is 0 Å². The quantitative estimate of drug-likeness (QED) is 0.846. The normalized spacial score (nSPS) is 12.4. The van der Waals surface area contributed by atoms with Crippen LogP contribution in [0.5, 0.6) is 0 Å². The molecular formula is C12H11F2NS. The zero-order chi connectivity index (χ0) is 11.5. The van der Waals surface area contributed by atoms with E-state index in [0.29, 0.717) is 5.56 Å². The third-order valence-electron chi connectivity index (χ3n) is 2.35. The summed E-state index contributed by atoms with van der Waals surface area (Å²) < 4.78 is 26.5. The van der Waals surface area contributed by atoms with Crippen molar-refractivity contribution in [2.24, 2.45) is 0 Å².